The minimum absolute atomic E-state index is 0.187. The first-order valence-corrected chi connectivity index (χ1v) is 4.88. The first-order valence-electron chi connectivity index (χ1n) is 4.88. The molecule has 1 unspecified atom stereocenters. The van der Waals surface area contributed by atoms with Gasteiger partial charge in [0.05, 0.1) is 12.5 Å². The number of carbonyl (C=O) groups is 1. The molecule has 74 valence electrons. The summed E-state index contributed by atoms with van der Waals surface area (Å²) in [5, 5.41) is 8.92. The van der Waals surface area contributed by atoms with Gasteiger partial charge in [-0.25, -0.2) is 0 Å². The first kappa shape index (κ1) is 8.97. The smallest absolute Gasteiger partial charge is 0.308 e. The van der Waals surface area contributed by atoms with Gasteiger partial charge in [-0.3, -0.25) is 4.79 Å². The third-order valence-corrected chi connectivity index (χ3v) is 3.18. The third-order valence-electron chi connectivity index (χ3n) is 3.18. The van der Waals surface area contributed by atoms with Crippen LogP contribution in [0.1, 0.15) is 38.5 Å². The SMILES string of the molecule is O=C1CC(NO)C2(CCCCC2)O1. The highest BCUT2D eigenvalue weighted by molar-refractivity contribution is 5.73. The van der Waals surface area contributed by atoms with Crippen molar-refractivity contribution < 1.29 is 14.7 Å². The Morgan fingerprint density at radius 3 is 2.69 bits per heavy atom. The fraction of sp³-hybridized carbons (Fsp3) is 0.889. The van der Waals surface area contributed by atoms with E-state index in [2.05, 4.69) is 5.48 Å². The Kier molecular flexibility index (Phi) is 2.26. The van der Waals surface area contributed by atoms with Crippen molar-refractivity contribution >= 4 is 5.97 Å². The average molecular weight is 185 g/mol. The van der Waals surface area contributed by atoms with E-state index in [1.807, 2.05) is 0 Å². The van der Waals surface area contributed by atoms with Gasteiger partial charge in [0, 0.05) is 0 Å². The van der Waals surface area contributed by atoms with Crippen molar-refractivity contribution in [3.63, 3.8) is 0 Å². The highest BCUT2D eigenvalue weighted by Crippen LogP contribution is 2.39. The van der Waals surface area contributed by atoms with Gasteiger partial charge in [0.15, 0.2) is 0 Å². The van der Waals surface area contributed by atoms with Crippen molar-refractivity contribution in [1.29, 1.82) is 0 Å². The van der Waals surface area contributed by atoms with E-state index in [1.165, 1.54) is 6.42 Å². The second-order valence-electron chi connectivity index (χ2n) is 3.99. The Bertz CT molecular complexity index is 211. The number of hydrogen-bond acceptors (Lipinski definition) is 4. The van der Waals surface area contributed by atoms with E-state index in [1.54, 1.807) is 0 Å². The molecule has 4 nitrogen and oxygen atoms in total. The number of nitrogens with one attached hydrogen (secondary N) is 1. The predicted molar refractivity (Wildman–Crippen MR) is 45.2 cm³/mol. The molecule has 2 rings (SSSR count). The van der Waals surface area contributed by atoms with Crippen molar-refractivity contribution in [2.45, 2.75) is 50.2 Å². The maximum absolute atomic E-state index is 11.1. The number of hydroxylamine groups is 1. The van der Waals surface area contributed by atoms with Crippen molar-refractivity contribution in [2.24, 2.45) is 0 Å². The minimum Gasteiger partial charge on any atom is -0.457 e. The van der Waals surface area contributed by atoms with Crippen LogP contribution in [0.15, 0.2) is 0 Å². The summed E-state index contributed by atoms with van der Waals surface area (Å²) in [6.45, 7) is 0. The van der Waals surface area contributed by atoms with Crippen molar-refractivity contribution in [2.75, 3.05) is 0 Å². The van der Waals surface area contributed by atoms with Crippen molar-refractivity contribution in [3.05, 3.63) is 0 Å². The zero-order valence-corrected chi connectivity index (χ0v) is 7.58. The number of carbonyl (C=O) groups excluding carboxylic acids is 1. The Labute approximate surface area is 77.2 Å². The summed E-state index contributed by atoms with van der Waals surface area (Å²) in [7, 11) is 0. The Hall–Kier alpha value is -0.610. The van der Waals surface area contributed by atoms with Gasteiger partial charge in [-0.2, -0.15) is 5.48 Å². The summed E-state index contributed by atoms with van der Waals surface area (Å²) < 4.78 is 5.33. The van der Waals surface area contributed by atoms with E-state index in [0.29, 0.717) is 6.42 Å². The van der Waals surface area contributed by atoms with Crippen LogP contribution < -0.4 is 5.48 Å². The standard InChI is InChI=1S/C9H15NO3/c11-8-6-7(10-12)9(13-8)4-2-1-3-5-9/h7,10,12H,1-6H2. The molecular weight excluding hydrogens is 170 g/mol. The summed E-state index contributed by atoms with van der Waals surface area (Å²) in [5.41, 5.74) is 1.81. The van der Waals surface area contributed by atoms with Crippen LogP contribution in [0.3, 0.4) is 0 Å². The molecule has 0 aromatic heterocycles. The first-order chi connectivity index (χ1) is 6.27. The lowest BCUT2D eigenvalue weighted by molar-refractivity contribution is -0.152. The highest BCUT2D eigenvalue weighted by Gasteiger charge is 2.49. The molecule has 0 amide bonds. The molecule has 1 aliphatic carbocycles. The zero-order valence-electron chi connectivity index (χ0n) is 7.58. The molecule has 1 atom stereocenters. The second kappa shape index (κ2) is 3.27. The van der Waals surface area contributed by atoms with Gasteiger partial charge in [-0.05, 0) is 25.7 Å². The van der Waals surface area contributed by atoms with Crippen LogP contribution in [0.4, 0.5) is 0 Å². The number of ether oxygens (including phenoxy) is 1. The van der Waals surface area contributed by atoms with E-state index in [-0.39, 0.29) is 12.0 Å². The molecule has 0 aromatic carbocycles. The molecule has 1 saturated carbocycles. The van der Waals surface area contributed by atoms with Crippen molar-refractivity contribution in [1.82, 2.24) is 5.48 Å². The lowest BCUT2D eigenvalue weighted by Crippen LogP contribution is -2.47. The Morgan fingerprint density at radius 2 is 2.08 bits per heavy atom. The van der Waals surface area contributed by atoms with Crippen LogP contribution in [0, 0.1) is 0 Å². The van der Waals surface area contributed by atoms with Gasteiger partial charge in [-0.1, -0.05) is 6.42 Å². The molecule has 2 fully saturated rings. The largest absolute Gasteiger partial charge is 0.457 e. The van der Waals surface area contributed by atoms with Gasteiger partial charge in [-0.15, -0.1) is 0 Å². The van der Waals surface area contributed by atoms with E-state index in [0.717, 1.165) is 25.7 Å². The van der Waals surface area contributed by atoms with Crippen LogP contribution >= 0.6 is 0 Å². The van der Waals surface area contributed by atoms with E-state index < -0.39 is 5.60 Å². The van der Waals surface area contributed by atoms with Crippen molar-refractivity contribution in [3.8, 4) is 0 Å². The lowest BCUT2D eigenvalue weighted by Gasteiger charge is -2.35. The van der Waals surface area contributed by atoms with Crippen LogP contribution in [0.5, 0.6) is 0 Å². The van der Waals surface area contributed by atoms with Crippen LogP contribution in [-0.4, -0.2) is 22.8 Å². The maximum Gasteiger partial charge on any atom is 0.308 e. The third kappa shape index (κ3) is 1.44. The van der Waals surface area contributed by atoms with E-state index >= 15 is 0 Å². The molecule has 4 heteroatoms. The van der Waals surface area contributed by atoms with Gasteiger partial charge < -0.3 is 9.94 Å². The number of hydrogen-bond donors (Lipinski definition) is 2. The molecule has 13 heavy (non-hydrogen) atoms. The second-order valence-corrected chi connectivity index (χ2v) is 3.99. The summed E-state index contributed by atoms with van der Waals surface area (Å²) in [6, 6.07) is -0.194. The Morgan fingerprint density at radius 1 is 1.38 bits per heavy atom. The van der Waals surface area contributed by atoms with Gasteiger partial charge in [0.25, 0.3) is 0 Å². The molecule has 0 radical (unpaired) electrons. The summed E-state index contributed by atoms with van der Waals surface area (Å²) in [6.07, 6.45) is 5.46. The highest BCUT2D eigenvalue weighted by atomic mass is 16.6. The van der Waals surface area contributed by atoms with Gasteiger partial charge in [0.2, 0.25) is 0 Å². The fourth-order valence-corrected chi connectivity index (χ4v) is 2.46. The molecular formula is C9H15NO3. The summed E-state index contributed by atoms with van der Waals surface area (Å²) in [4.78, 5) is 11.1. The molecule has 1 saturated heterocycles. The molecule has 0 aromatic rings. The molecule has 1 aliphatic heterocycles. The fourth-order valence-electron chi connectivity index (χ4n) is 2.46. The zero-order chi connectivity index (χ0) is 9.31. The van der Waals surface area contributed by atoms with Gasteiger partial charge >= 0.3 is 5.97 Å². The summed E-state index contributed by atoms with van der Waals surface area (Å²) >= 11 is 0. The van der Waals surface area contributed by atoms with E-state index in [9.17, 15) is 4.79 Å². The monoisotopic (exact) mass is 185 g/mol. The lowest BCUT2D eigenvalue weighted by atomic mass is 9.80. The molecule has 2 aliphatic rings. The molecule has 0 bridgehead atoms. The topological polar surface area (TPSA) is 58.6 Å². The average Bonchev–Trinajstić information content (AvgIpc) is 2.43. The number of esters is 1. The van der Waals surface area contributed by atoms with Gasteiger partial charge in [0.1, 0.15) is 5.60 Å². The molecule has 1 spiro atoms. The van der Waals surface area contributed by atoms with Crippen LogP contribution in [0.2, 0.25) is 0 Å². The van der Waals surface area contributed by atoms with E-state index in [4.69, 9.17) is 9.94 Å². The molecule has 1 heterocycles. The Balaban J connectivity index is 2.13. The normalized spacial score (nSPS) is 32.1. The predicted octanol–water partition coefficient (Wildman–Crippen LogP) is 0.984. The molecule has 2 N–H and O–H groups in total. The van der Waals surface area contributed by atoms with Crippen LogP contribution in [-0.2, 0) is 9.53 Å². The quantitative estimate of drug-likeness (QED) is 0.472. The maximum atomic E-state index is 11.1. The number of rotatable bonds is 1. The van der Waals surface area contributed by atoms with Crippen LogP contribution in [0.25, 0.3) is 0 Å². The summed E-state index contributed by atoms with van der Waals surface area (Å²) in [5.74, 6) is -0.187. The minimum atomic E-state index is -0.399.